The highest BCUT2D eigenvalue weighted by Gasteiger charge is 2.10. The van der Waals surface area contributed by atoms with E-state index >= 15 is 0 Å². The molecular weight excluding hydrogens is 282 g/mol. The summed E-state index contributed by atoms with van der Waals surface area (Å²) < 4.78 is 27.4. The van der Waals surface area contributed by atoms with E-state index in [0.29, 0.717) is 18.7 Å². The number of sulfonamides is 1. The van der Waals surface area contributed by atoms with E-state index in [1.807, 2.05) is 19.1 Å². The molecule has 7 heteroatoms. The van der Waals surface area contributed by atoms with Crippen LogP contribution in [0.15, 0.2) is 23.7 Å². The Kier molecular flexibility index (Phi) is 4.73. The summed E-state index contributed by atoms with van der Waals surface area (Å²) in [7, 11) is -3.27. The molecule has 0 amide bonds. The average molecular weight is 299 g/mol. The lowest BCUT2D eigenvalue weighted by Gasteiger charge is -2.08. The van der Waals surface area contributed by atoms with Crippen LogP contribution in [0.5, 0.6) is 0 Å². The molecule has 0 aliphatic rings. The number of hydrogen-bond donors (Lipinski definition) is 2. The highest BCUT2D eigenvalue weighted by atomic mass is 32.2. The van der Waals surface area contributed by atoms with Gasteiger partial charge in [-0.25, -0.2) is 13.4 Å². The molecule has 0 radical (unpaired) electrons. The largest absolute Gasteiger partial charge is 0.317 e. The van der Waals surface area contributed by atoms with Gasteiger partial charge in [0, 0.05) is 0 Å². The van der Waals surface area contributed by atoms with Gasteiger partial charge in [-0.3, -0.25) is 4.72 Å². The molecule has 0 bridgehead atoms. The first-order valence-electron chi connectivity index (χ1n) is 6.15. The van der Waals surface area contributed by atoms with E-state index in [9.17, 15) is 8.42 Å². The minimum absolute atomic E-state index is 0.126. The lowest BCUT2D eigenvalue weighted by atomic mass is 10.3. The van der Waals surface area contributed by atoms with Crippen LogP contribution in [0.1, 0.15) is 13.3 Å². The molecule has 0 saturated heterocycles. The van der Waals surface area contributed by atoms with Gasteiger partial charge in [0.25, 0.3) is 0 Å². The summed E-state index contributed by atoms with van der Waals surface area (Å²) >= 11 is 1.50. The van der Waals surface area contributed by atoms with E-state index in [0.717, 1.165) is 16.8 Å². The Bertz CT molecular complexity index is 637. The summed E-state index contributed by atoms with van der Waals surface area (Å²) in [5.74, 6) is 0.126. The Morgan fingerprint density at radius 3 is 3.00 bits per heavy atom. The molecule has 19 heavy (non-hydrogen) atoms. The number of aromatic nitrogens is 1. The summed E-state index contributed by atoms with van der Waals surface area (Å²) in [6.07, 6.45) is 0.603. The molecule has 5 nitrogen and oxygen atoms in total. The lowest BCUT2D eigenvalue weighted by Crippen LogP contribution is -2.21. The van der Waals surface area contributed by atoms with Crippen molar-refractivity contribution in [2.75, 3.05) is 23.6 Å². The third kappa shape index (κ3) is 4.15. The van der Waals surface area contributed by atoms with Crippen molar-refractivity contribution in [1.29, 1.82) is 0 Å². The Hall–Kier alpha value is -1.18. The third-order valence-corrected chi connectivity index (χ3v) is 4.79. The molecule has 0 saturated carbocycles. The van der Waals surface area contributed by atoms with E-state index in [1.54, 1.807) is 11.6 Å². The smallest absolute Gasteiger partial charge is 0.232 e. The molecule has 2 N–H and O–H groups in total. The number of fused-ring (bicyclic) bond motifs is 1. The van der Waals surface area contributed by atoms with Crippen LogP contribution in [0.25, 0.3) is 10.2 Å². The minimum Gasteiger partial charge on any atom is -0.317 e. The minimum atomic E-state index is -3.27. The van der Waals surface area contributed by atoms with Crippen LogP contribution in [-0.4, -0.2) is 32.2 Å². The van der Waals surface area contributed by atoms with Crippen molar-refractivity contribution in [3.63, 3.8) is 0 Å². The Morgan fingerprint density at radius 1 is 1.37 bits per heavy atom. The standard InChI is InChI=1S/C12H17N3O2S2/c1-2-13-6-3-7-19(16,17)15-10-4-5-11-12(8-10)18-9-14-11/h4-5,8-9,13,15H,2-3,6-7H2,1H3. The van der Waals surface area contributed by atoms with Crippen LogP contribution < -0.4 is 10.0 Å². The number of benzene rings is 1. The van der Waals surface area contributed by atoms with Gasteiger partial charge in [0.05, 0.1) is 27.2 Å². The van der Waals surface area contributed by atoms with E-state index in [1.165, 1.54) is 11.3 Å². The second-order valence-corrected chi connectivity index (χ2v) is 6.89. The molecule has 2 aromatic rings. The van der Waals surface area contributed by atoms with Gasteiger partial charge in [-0.2, -0.15) is 0 Å². The molecule has 104 valence electrons. The highest BCUT2D eigenvalue weighted by molar-refractivity contribution is 7.92. The highest BCUT2D eigenvalue weighted by Crippen LogP contribution is 2.22. The molecule has 0 fully saturated rings. The Balaban J connectivity index is 1.98. The van der Waals surface area contributed by atoms with Crippen molar-refractivity contribution in [2.24, 2.45) is 0 Å². The molecule has 0 unspecified atom stereocenters. The Labute approximate surface area is 117 Å². The number of thiazole rings is 1. The maximum Gasteiger partial charge on any atom is 0.232 e. The zero-order valence-electron chi connectivity index (χ0n) is 10.7. The van der Waals surface area contributed by atoms with E-state index in [4.69, 9.17) is 0 Å². The number of rotatable bonds is 7. The van der Waals surface area contributed by atoms with Crippen LogP contribution in [0.4, 0.5) is 5.69 Å². The normalized spacial score (nSPS) is 11.8. The molecule has 0 aliphatic carbocycles. The maximum atomic E-state index is 11.9. The molecule has 0 atom stereocenters. The Morgan fingerprint density at radius 2 is 2.21 bits per heavy atom. The molecular formula is C12H17N3O2S2. The second-order valence-electron chi connectivity index (χ2n) is 4.16. The predicted octanol–water partition coefficient (Wildman–Crippen LogP) is 2.04. The SMILES string of the molecule is CCNCCCS(=O)(=O)Nc1ccc2ncsc2c1. The van der Waals surface area contributed by atoms with Crippen LogP contribution >= 0.6 is 11.3 Å². The summed E-state index contributed by atoms with van der Waals surface area (Å²) in [5, 5.41) is 3.11. The summed E-state index contributed by atoms with van der Waals surface area (Å²) in [6.45, 7) is 3.57. The zero-order valence-corrected chi connectivity index (χ0v) is 12.4. The quantitative estimate of drug-likeness (QED) is 0.768. The predicted molar refractivity (Wildman–Crippen MR) is 80.2 cm³/mol. The average Bonchev–Trinajstić information content (AvgIpc) is 2.81. The van der Waals surface area contributed by atoms with Crippen LogP contribution in [0.3, 0.4) is 0 Å². The van der Waals surface area contributed by atoms with Crippen molar-refractivity contribution in [2.45, 2.75) is 13.3 Å². The van der Waals surface area contributed by atoms with E-state index in [-0.39, 0.29) is 5.75 Å². The van der Waals surface area contributed by atoms with Gasteiger partial charge in [0.1, 0.15) is 0 Å². The number of anilines is 1. The zero-order chi connectivity index (χ0) is 13.7. The third-order valence-electron chi connectivity index (χ3n) is 2.62. The topological polar surface area (TPSA) is 71.1 Å². The summed E-state index contributed by atoms with van der Waals surface area (Å²) in [4.78, 5) is 4.16. The summed E-state index contributed by atoms with van der Waals surface area (Å²) in [6, 6.07) is 5.38. The number of nitrogens with zero attached hydrogens (tertiary/aromatic N) is 1. The molecule has 1 aromatic carbocycles. The van der Waals surface area contributed by atoms with Crippen molar-refractivity contribution in [3.8, 4) is 0 Å². The fourth-order valence-electron chi connectivity index (χ4n) is 1.71. The fourth-order valence-corrected chi connectivity index (χ4v) is 3.54. The molecule has 0 aliphatic heterocycles. The van der Waals surface area contributed by atoms with Gasteiger partial charge >= 0.3 is 0 Å². The second kappa shape index (κ2) is 6.31. The van der Waals surface area contributed by atoms with Crippen molar-refractivity contribution >= 4 is 37.3 Å². The van der Waals surface area contributed by atoms with Gasteiger partial charge in [0.15, 0.2) is 0 Å². The van der Waals surface area contributed by atoms with Gasteiger partial charge in [-0.15, -0.1) is 11.3 Å². The first-order valence-corrected chi connectivity index (χ1v) is 8.68. The van der Waals surface area contributed by atoms with Crippen molar-refractivity contribution in [1.82, 2.24) is 10.3 Å². The molecule has 0 spiro atoms. The first kappa shape index (κ1) is 14.2. The number of nitrogens with one attached hydrogen (secondary N) is 2. The maximum absolute atomic E-state index is 11.9. The van der Waals surface area contributed by atoms with E-state index < -0.39 is 10.0 Å². The fraction of sp³-hybridized carbons (Fsp3) is 0.417. The van der Waals surface area contributed by atoms with Crippen molar-refractivity contribution < 1.29 is 8.42 Å². The van der Waals surface area contributed by atoms with Crippen LogP contribution in [0, 0.1) is 0 Å². The van der Waals surface area contributed by atoms with E-state index in [2.05, 4.69) is 15.0 Å². The van der Waals surface area contributed by atoms with Crippen LogP contribution in [-0.2, 0) is 10.0 Å². The molecule has 2 rings (SSSR count). The monoisotopic (exact) mass is 299 g/mol. The van der Waals surface area contributed by atoms with Gasteiger partial charge in [-0.05, 0) is 37.7 Å². The molecule has 1 aromatic heterocycles. The van der Waals surface area contributed by atoms with Crippen molar-refractivity contribution in [3.05, 3.63) is 23.7 Å². The van der Waals surface area contributed by atoms with Crippen LogP contribution in [0.2, 0.25) is 0 Å². The first-order chi connectivity index (χ1) is 9.11. The van der Waals surface area contributed by atoms with Gasteiger partial charge in [0.2, 0.25) is 10.0 Å². The van der Waals surface area contributed by atoms with Gasteiger partial charge < -0.3 is 5.32 Å². The molecule has 1 heterocycles. The number of hydrogen-bond acceptors (Lipinski definition) is 5. The summed E-state index contributed by atoms with van der Waals surface area (Å²) in [5.41, 5.74) is 3.24. The lowest BCUT2D eigenvalue weighted by molar-refractivity contribution is 0.595. The van der Waals surface area contributed by atoms with Gasteiger partial charge in [-0.1, -0.05) is 6.92 Å².